The van der Waals surface area contributed by atoms with E-state index in [1.54, 1.807) is 6.07 Å². The Hall–Kier alpha value is -1.72. The van der Waals surface area contributed by atoms with Crippen LogP contribution in [0.3, 0.4) is 0 Å². The van der Waals surface area contributed by atoms with Crippen molar-refractivity contribution in [1.82, 2.24) is 0 Å². The Morgan fingerprint density at radius 1 is 1.20 bits per heavy atom. The van der Waals surface area contributed by atoms with E-state index in [1.165, 1.54) is 12.1 Å². The maximum Gasteiger partial charge on any atom is 0.573 e. The molecule has 1 saturated carbocycles. The number of nitrogens with one attached hydrogen (secondary N) is 1. The number of carbonyl (C=O) groups is 1. The van der Waals surface area contributed by atoms with Gasteiger partial charge in [0, 0.05) is 0 Å². The SMILES string of the molecule is O=C1Nc2c(OC(F)(F)F)cccc2C1C1CCCC1. The molecule has 6 heteroatoms. The molecule has 1 aromatic rings. The van der Waals surface area contributed by atoms with Crippen LogP contribution in [0.15, 0.2) is 18.2 Å². The van der Waals surface area contributed by atoms with Crippen LogP contribution < -0.4 is 10.1 Å². The molecule has 3 nitrogen and oxygen atoms in total. The molecule has 20 heavy (non-hydrogen) atoms. The molecule has 1 unspecified atom stereocenters. The lowest BCUT2D eigenvalue weighted by Crippen LogP contribution is -2.19. The Morgan fingerprint density at radius 2 is 1.90 bits per heavy atom. The minimum absolute atomic E-state index is 0.173. The number of alkyl halides is 3. The lowest BCUT2D eigenvalue weighted by Gasteiger charge is -2.16. The normalized spacial score (nSPS) is 22.8. The van der Waals surface area contributed by atoms with Crippen molar-refractivity contribution in [3.8, 4) is 5.75 Å². The fourth-order valence-electron chi connectivity index (χ4n) is 3.25. The third-order valence-corrected chi connectivity index (χ3v) is 4.02. The van der Waals surface area contributed by atoms with Gasteiger partial charge in [0.2, 0.25) is 5.91 Å². The molecule has 108 valence electrons. The van der Waals surface area contributed by atoms with E-state index in [2.05, 4.69) is 10.1 Å². The van der Waals surface area contributed by atoms with Gasteiger partial charge in [0.25, 0.3) is 0 Å². The molecule has 3 rings (SSSR count). The van der Waals surface area contributed by atoms with Gasteiger partial charge in [0.1, 0.15) is 0 Å². The molecule has 1 heterocycles. The number of hydrogen-bond donors (Lipinski definition) is 1. The van der Waals surface area contributed by atoms with Gasteiger partial charge in [-0.25, -0.2) is 0 Å². The van der Waals surface area contributed by atoms with Gasteiger partial charge < -0.3 is 10.1 Å². The van der Waals surface area contributed by atoms with Crippen LogP contribution in [0.2, 0.25) is 0 Å². The number of para-hydroxylation sites is 1. The highest BCUT2D eigenvalue weighted by atomic mass is 19.4. The van der Waals surface area contributed by atoms with Crippen LogP contribution in [-0.2, 0) is 4.79 Å². The van der Waals surface area contributed by atoms with Crippen LogP contribution in [0, 0.1) is 5.92 Å². The average molecular weight is 285 g/mol. The molecular weight excluding hydrogens is 271 g/mol. The van der Waals surface area contributed by atoms with E-state index in [0.29, 0.717) is 5.56 Å². The fourth-order valence-corrected chi connectivity index (χ4v) is 3.25. The molecule has 0 spiro atoms. The number of carbonyl (C=O) groups excluding carboxylic acids is 1. The molecule has 0 bridgehead atoms. The number of benzene rings is 1. The van der Waals surface area contributed by atoms with Crippen LogP contribution >= 0.6 is 0 Å². The minimum atomic E-state index is -4.76. The number of amides is 1. The molecular formula is C14H14F3NO2. The second-order valence-electron chi connectivity index (χ2n) is 5.28. The van der Waals surface area contributed by atoms with E-state index in [0.717, 1.165) is 25.7 Å². The molecule has 1 aromatic carbocycles. The van der Waals surface area contributed by atoms with E-state index in [4.69, 9.17) is 0 Å². The summed E-state index contributed by atoms with van der Waals surface area (Å²) in [5, 5.41) is 2.55. The molecule has 1 atom stereocenters. The largest absolute Gasteiger partial charge is 0.573 e. The molecule has 1 fully saturated rings. The van der Waals surface area contributed by atoms with Crippen molar-refractivity contribution in [2.75, 3.05) is 5.32 Å². The van der Waals surface area contributed by atoms with Crippen molar-refractivity contribution in [3.63, 3.8) is 0 Å². The molecule has 1 amide bonds. The smallest absolute Gasteiger partial charge is 0.404 e. The first-order valence-electron chi connectivity index (χ1n) is 6.65. The van der Waals surface area contributed by atoms with Crippen molar-refractivity contribution >= 4 is 11.6 Å². The maximum absolute atomic E-state index is 12.4. The lowest BCUT2D eigenvalue weighted by molar-refractivity contribution is -0.274. The second-order valence-corrected chi connectivity index (χ2v) is 5.28. The molecule has 1 aliphatic carbocycles. The topological polar surface area (TPSA) is 38.3 Å². The summed E-state index contributed by atoms with van der Waals surface area (Å²) in [5.41, 5.74) is 0.801. The zero-order valence-corrected chi connectivity index (χ0v) is 10.7. The quantitative estimate of drug-likeness (QED) is 0.897. The Labute approximate surface area is 114 Å². The summed E-state index contributed by atoms with van der Waals surface area (Å²) in [4.78, 5) is 12.1. The summed E-state index contributed by atoms with van der Waals surface area (Å²) in [6.45, 7) is 0. The van der Waals surface area contributed by atoms with Gasteiger partial charge in [-0.2, -0.15) is 0 Å². The molecule has 1 N–H and O–H groups in total. The third kappa shape index (κ3) is 2.34. The zero-order valence-electron chi connectivity index (χ0n) is 10.7. The van der Waals surface area contributed by atoms with Crippen molar-refractivity contribution in [3.05, 3.63) is 23.8 Å². The van der Waals surface area contributed by atoms with E-state index in [9.17, 15) is 18.0 Å². The molecule has 1 aliphatic heterocycles. The van der Waals surface area contributed by atoms with Crippen molar-refractivity contribution < 1.29 is 22.7 Å². The highest BCUT2D eigenvalue weighted by molar-refractivity contribution is 6.04. The van der Waals surface area contributed by atoms with E-state index >= 15 is 0 Å². The number of hydrogen-bond acceptors (Lipinski definition) is 2. The molecule has 0 radical (unpaired) electrons. The molecule has 0 saturated heterocycles. The summed E-state index contributed by atoms with van der Waals surface area (Å²) >= 11 is 0. The Morgan fingerprint density at radius 3 is 2.55 bits per heavy atom. The van der Waals surface area contributed by atoms with E-state index in [-0.39, 0.29) is 29.2 Å². The van der Waals surface area contributed by atoms with Crippen LogP contribution in [0.1, 0.15) is 37.2 Å². The maximum atomic E-state index is 12.4. The second kappa shape index (κ2) is 4.68. The standard InChI is InChI=1S/C14H14F3NO2/c15-14(16,17)20-10-7-3-6-9-11(8-4-1-2-5-8)13(19)18-12(9)10/h3,6-8,11H,1-2,4-5H2,(H,18,19). The predicted molar refractivity (Wildman–Crippen MR) is 66.5 cm³/mol. The Balaban J connectivity index is 1.95. The van der Waals surface area contributed by atoms with Gasteiger partial charge in [-0.15, -0.1) is 13.2 Å². The van der Waals surface area contributed by atoms with Gasteiger partial charge in [-0.1, -0.05) is 25.0 Å². The first kappa shape index (κ1) is 13.3. The van der Waals surface area contributed by atoms with Crippen molar-refractivity contribution in [1.29, 1.82) is 0 Å². The first-order valence-corrected chi connectivity index (χ1v) is 6.65. The van der Waals surface area contributed by atoms with Gasteiger partial charge in [0.15, 0.2) is 5.75 Å². The average Bonchev–Trinajstić information content (AvgIpc) is 2.93. The number of halogens is 3. The monoisotopic (exact) mass is 285 g/mol. The summed E-state index contributed by atoms with van der Waals surface area (Å²) in [6, 6.07) is 4.44. The minimum Gasteiger partial charge on any atom is -0.404 e. The van der Waals surface area contributed by atoms with Crippen LogP contribution in [-0.4, -0.2) is 12.3 Å². The van der Waals surface area contributed by atoms with Crippen molar-refractivity contribution in [2.24, 2.45) is 5.92 Å². The first-order chi connectivity index (χ1) is 9.46. The van der Waals surface area contributed by atoms with Crippen LogP contribution in [0.5, 0.6) is 5.75 Å². The van der Waals surface area contributed by atoms with Crippen LogP contribution in [0.25, 0.3) is 0 Å². The zero-order chi connectivity index (χ0) is 14.3. The number of anilines is 1. The van der Waals surface area contributed by atoms with Gasteiger partial charge in [0.05, 0.1) is 11.6 Å². The van der Waals surface area contributed by atoms with Crippen LogP contribution in [0.4, 0.5) is 18.9 Å². The molecule has 0 aromatic heterocycles. The number of fused-ring (bicyclic) bond motifs is 1. The Bertz CT molecular complexity index is 536. The lowest BCUT2D eigenvalue weighted by atomic mass is 9.86. The summed E-state index contributed by atoms with van der Waals surface area (Å²) in [6.07, 6.45) is -0.722. The summed E-state index contributed by atoms with van der Waals surface area (Å²) < 4.78 is 41.1. The van der Waals surface area contributed by atoms with Gasteiger partial charge in [-0.05, 0) is 30.4 Å². The highest BCUT2D eigenvalue weighted by Gasteiger charge is 2.41. The molecule has 2 aliphatic rings. The van der Waals surface area contributed by atoms with E-state index < -0.39 is 6.36 Å². The summed E-state index contributed by atoms with van der Waals surface area (Å²) in [5.74, 6) is -0.671. The Kier molecular flexibility index (Phi) is 3.11. The van der Waals surface area contributed by atoms with E-state index in [1.807, 2.05) is 0 Å². The van der Waals surface area contributed by atoms with Crippen molar-refractivity contribution in [2.45, 2.75) is 38.0 Å². The number of ether oxygens (including phenoxy) is 1. The number of rotatable bonds is 2. The third-order valence-electron chi connectivity index (χ3n) is 4.02. The van der Waals surface area contributed by atoms with Gasteiger partial charge in [-0.3, -0.25) is 4.79 Å². The van der Waals surface area contributed by atoms with Gasteiger partial charge >= 0.3 is 6.36 Å². The highest BCUT2D eigenvalue weighted by Crippen LogP contribution is 2.47. The fraction of sp³-hybridized carbons (Fsp3) is 0.500. The predicted octanol–water partition coefficient (Wildman–Crippen LogP) is 3.81. The summed E-state index contributed by atoms with van der Waals surface area (Å²) in [7, 11) is 0.